The summed E-state index contributed by atoms with van der Waals surface area (Å²) in [6, 6.07) is 14.8. The van der Waals surface area contributed by atoms with Crippen molar-refractivity contribution in [1.82, 2.24) is 20.2 Å². The molecule has 3 N–H and O–H groups in total. The Kier molecular flexibility index (Phi) is 4.59. The largest absolute Gasteiger partial charge is 0.478 e. The summed E-state index contributed by atoms with van der Waals surface area (Å²) in [4.78, 5) is 22.5. The zero-order valence-corrected chi connectivity index (χ0v) is 16.3. The summed E-state index contributed by atoms with van der Waals surface area (Å²) in [5, 5.41) is 20.5. The van der Waals surface area contributed by atoms with Gasteiger partial charge in [0.1, 0.15) is 5.82 Å². The summed E-state index contributed by atoms with van der Waals surface area (Å²) >= 11 is 0. The van der Waals surface area contributed by atoms with Gasteiger partial charge in [-0.3, -0.25) is 5.10 Å². The fraction of sp³-hybridized carbons (Fsp3) is 0.143. The second-order valence-corrected chi connectivity index (χ2v) is 6.81. The monoisotopic (exact) mass is 388 g/mol. The quantitative estimate of drug-likeness (QED) is 0.471. The van der Waals surface area contributed by atoms with E-state index in [2.05, 4.69) is 20.5 Å². The number of benzene rings is 2. The number of para-hydroxylation sites is 1. The molecule has 4 rings (SSSR count). The first-order valence-electron chi connectivity index (χ1n) is 9.06. The molecule has 0 unspecified atom stereocenters. The molecule has 0 bridgehead atoms. The second kappa shape index (κ2) is 7.23. The minimum absolute atomic E-state index is 0.276. The van der Waals surface area contributed by atoms with Crippen molar-refractivity contribution in [3.05, 3.63) is 65.4 Å². The van der Waals surface area contributed by atoms with Crippen molar-refractivity contribution in [2.75, 3.05) is 17.3 Å². The summed E-state index contributed by atoms with van der Waals surface area (Å²) in [6.45, 7) is 3.70. The smallest absolute Gasteiger partial charge is 0.335 e. The van der Waals surface area contributed by atoms with Crippen LogP contribution in [0.1, 0.15) is 21.6 Å². The Labute approximate surface area is 167 Å². The number of hydrogen-bond donors (Lipinski definition) is 3. The normalized spacial score (nSPS) is 10.9. The lowest BCUT2D eigenvalue weighted by molar-refractivity contribution is 0.0696. The van der Waals surface area contributed by atoms with Crippen molar-refractivity contribution >= 4 is 40.1 Å². The van der Waals surface area contributed by atoms with E-state index in [9.17, 15) is 9.90 Å². The summed E-state index contributed by atoms with van der Waals surface area (Å²) in [7, 11) is 1.85. The Morgan fingerprint density at radius 2 is 1.90 bits per heavy atom. The Morgan fingerprint density at radius 3 is 2.59 bits per heavy atom. The maximum atomic E-state index is 11.3. The van der Waals surface area contributed by atoms with Gasteiger partial charge in [0.15, 0.2) is 5.82 Å². The molecule has 4 aromatic rings. The fourth-order valence-corrected chi connectivity index (χ4v) is 3.12. The second-order valence-electron chi connectivity index (χ2n) is 6.81. The minimum atomic E-state index is -0.945. The molecule has 29 heavy (non-hydrogen) atoms. The van der Waals surface area contributed by atoms with E-state index in [1.807, 2.05) is 55.3 Å². The van der Waals surface area contributed by atoms with Crippen molar-refractivity contribution in [3.8, 4) is 0 Å². The topological polar surface area (TPSA) is 107 Å². The van der Waals surface area contributed by atoms with Crippen LogP contribution in [0.5, 0.6) is 0 Å². The molecule has 0 saturated carbocycles. The average Bonchev–Trinajstić information content (AvgIpc) is 3.11. The van der Waals surface area contributed by atoms with Crippen molar-refractivity contribution in [2.24, 2.45) is 0 Å². The van der Waals surface area contributed by atoms with Gasteiger partial charge in [-0.25, -0.2) is 9.78 Å². The molecule has 0 amide bonds. The Hall–Kier alpha value is -3.94. The highest BCUT2D eigenvalue weighted by molar-refractivity contribution is 5.92. The summed E-state index contributed by atoms with van der Waals surface area (Å²) in [5.74, 6) is 0.852. The van der Waals surface area contributed by atoms with E-state index in [1.165, 1.54) is 0 Å². The molecular weight excluding hydrogens is 368 g/mol. The molecule has 0 aliphatic rings. The molecular formula is C21H20N6O2. The van der Waals surface area contributed by atoms with Crippen molar-refractivity contribution in [2.45, 2.75) is 13.8 Å². The van der Waals surface area contributed by atoms with E-state index in [4.69, 9.17) is 4.98 Å². The van der Waals surface area contributed by atoms with Gasteiger partial charge in [-0.1, -0.05) is 12.1 Å². The van der Waals surface area contributed by atoms with E-state index in [0.29, 0.717) is 23.1 Å². The minimum Gasteiger partial charge on any atom is -0.478 e. The molecule has 0 atom stereocenters. The lowest BCUT2D eigenvalue weighted by Crippen LogP contribution is -2.15. The predicted octanol–water partition coefficient (Wildman–Crippen LogP) is 4.18. The van der Waals surface area contributed by atoms with Gasteiger partial charge in [0.2, 0.25) is 5.95 Å². The van der Waals surface area contributed by atoms with E-state index in [-0.39, 0.29) is 5.56 Å². The lowest BCUT2D eigenvalue weighted by atomic mass is 10.1. The Balaban J connectivity index is 1.77. The molecule has 0 fully saturated rings. The van der Waals surface area contributed by atoms with Crippen LogP contribution in [0.3, 0.4) is 0 Å². The number of aryl methyl sites for hydroxylation is 2. The standard InChI is InChI=1S/C21H20N6O2/c1-12-10-14(8-9-15(12)20(28)29)27(3)21-22-17-7-5-4-6-16(17)19(24-21)23-18-11-13(2)25-26-18/h4-11H,1-3H3,(H,28,29)(H2,22,23,24,25,26). The number of carbonyl (C=O) groups is 1. The van der Waals surface area contributed by atoms with Gasteiger partial charge in [0.05, 0.1) is 11.1 Å². The predicted molar refractivity (Wildman–Crippen MR) is 112 cm³/mol. The highest BCUT2D eigenvalue weighted by Crippen LogP contribution is 2.29. The average molecular weight is 388 g/mol. The number of H-pyrrole nitrogens is 1. The van der Waals surface area contributed by atoms with Gasteiger partial charge in [-0.2, -0.15) is 10.1 Å². The molecule has 2 heterocycles. The summed E-state index contributed by atoms with van der Waals surface area (Å²) in [5.41, 5.74) is 3.48. The van der Waals surface area contributed by atoms with Crippen LogP contribution in [-0.4, -0.2) is 38.3 Å². The van der Waals surface area contributed by atoms with Crippen LogP contribution in [0.4, 0.5) is 23.3 Å². The number of anilines is 4. The van der Waals surface area contributed by atoms with Gasteiger partial charge in [0.25, 0.3) is 0 Å². The maximum Gasteiger partial charge on any atom is 0.335 e. The third kappa shape index (κ3) is 3.60. The molecule has 0 aliphatic heterocycles. The van der Waals surface area contributed by atoms with E-state index < -0.39 is 5.97 Å². The highest BCUT2D eigenvalue weighted by Gasteiger charge is 2.15. The summed E-state index contributed by atoms with van der Waals surface area (Å²) < 4.78 is 0. The molecule has 2 aromatic carbocycles. The first-order valence-corrected chi connectivity index (χ1v) is 9.06. The number of fused-ring (bicyclic) bond motifs is 1. The number of nitrogens with zero attached hydrogens (tertiary/aromatic N) is 4. The molecule has 0 radical (unpaired) electrons. The number of nitrogens with one attached hydrogen (secondary N) is 2. The zero-order valence-electron chi connectivity index (χ0n) is 16.3. The van der Waals surface area contributed by atoms with Crippen LogP contribution in [0.15, 0.2) is 48.5 Å². The zero-order chi connectivity index (χ0) is 20.5. The molecule has 8 nitrogen and oxygen atoms in total. The van der Waals surface area contributed by atoms with Crippen LogP contribution >= 0.6 is 0 Å². The van der Waals surface area contributed by atoms with Crippen molar-refractivity contribution in [3.63, 3.8) is 0 Å². The van der Waals surface area contributed by atoms with E-state index >= 15 is 0 Å². The van der Waals surface area contributed by atoms with Crippen molar-refractivity contribution < 1.29 is 9.90 Å². The Bertz CT molecular complexity index is 1220. The van der Waals surface area contributed by atoms with Crippen molar-refractivity contribution in [1.29, 1.82) is 0 Å². The van der Waals surface area contributed by atoms with E-state index in [1.54, 1.807) is 19.1 Å². The third-order valence-electron chi connectivity index (χ3n) is 4.67. The highest BCUT2D eigenvalue weighted by atomic mass is 16.4. The van der Waals surface area contributed by atoms with Crippen LogP contribution in [0.25, 0.3) is 10.9 Å². The number of carboxylic acids is 1. The van der Waals surface area contributed by atoms with Gasteiger partial charge in [-0.15, -0.1) is 0 Å². The van der Waals surface area contributed by atoms with Gasteiger partial charge >= 0.3 is 5.97 Å². The lowest BCUT2D eigenvalue weighted by Gasteiger charge is -2.20. The number of carboxylic acid groups (broad SMARTS) is 1. The summed E-state index contributed by atoms with van der Waals surface area (Å²) in [6.07, 6.45) is 0. The Morgan fingerprint density at radius 1 is 1.10 bits per heavy atom. The maximum absolute atomic E-state index is 11.3. The van der Waals surface area contributed by atoms with E-state index in [0.717, 1.165) is 22.3 Å². The number of hydrogen-bond acceptors (Lipinski definition) is 6. The third-order valence-corrected chi connectivity index (χ3v) is 4.67. The van der Waals surface area contributed by atoms with Crippen LogP contribution in [0.2, 0.25) is 0 Å². The molecule has 8 heteroatoms. The fourth-order valence-electron chi connectivity index (χ4n) is 3.12. The first kappa shape index (κ1) is 18.4. The van der Waals surface area contributed by atoms with Gasteiger partial charge < -0.3 is 15.3 Å². The number of aromatic nitrogens is 4. The van der Waals surface area contributed by atoms with Gasteiger partial charge in [-0.05, 0) is 49.7 Å². The van der Waals surface area contributed by atoms with Crippen LogP contribution < -0.4 is 10.2 Å². The number of rotatable bonds is 5. The van der Waals surface area contributed by atoms with Crippen LogP contribution in [-0.2, 0) is 0 Å². The number of aromatic amines is 1. The number of aromatic carboxylic acids is 1. The van der Waals surface area contributed by atoms with Gasteiger partial charge in [0, 0.05) is 29.9 Å². The molecule has 146 valence electrons. The molecule has 2 aromatic heterocycles. The first-order chi connectivity index (χ1) is 13.9. The SMILES string of the molecule is Cc1cc(Nc2nc(N(C)c3ccc(C(=O)O)c(C)c3)nc3ccccc23)n[nH]1. The van der Waals surface area contributed by atoms with Crippen LogP contribution in [0, 0.1) is 13.8 Å². The molecule has 0 spiro atoms. The molecule has 0 saturated heterocycles. The molecule has 0 aliphatic carbocycles.